The van der Waals surface area contributed by atoms with E-state index in [2.05, 4.69) is 15.9 Å². The highest BCUT2D eigenvalue weighted by Crippen LogP contribution is 2.22. The Balaban J connectivity index is 1.86. The Bertz CT molecular complexity index is 216. The smallest absolute Gasteiger partial charge is 0.251 e. The second-order valence-corrected chi connectivity index (χ2v) is 4.74. The largest absolute Gasteiger partial charge is 0.368 e. The maximum Gasteiger partial charge on any atom is 0.251 e. The van der Waals surface area contributed by atoms with Crippen molar-refractivity contribution in [2.24, 2.45) is 5.92 Å². The molecular weight excluding hydrogens is 246 g/mol. The number of rotatable bonds is 2. The fourth-order valence-corrected chi connectivity index (χ4v) is 2.66. The highest BCUT2D eigenvalue weighted by atomic mass is 79.9. The van der Waals surface area contributed by atoms with Gasteiger partial charge in [0.15, 0.2) is 0 Å². The molecule has 3 nitrogen and oxygen atoms in total. The van der Waals surface area contributed by atoms with Crippen LogP contribution in [-0.4, -0.2) is 41.9 Å². The lowest BCUT2D eigenvalue weighted by Gasteiger charge is -2.19. The van der Waals surface area contributed by atoms with Crippen LogP contribution in [0.15, 0.2) is 0 Å². The summed E-state index contributed by atoms with van der Waals surface area (Å²) in [5.74, 6) is 0.853. The summed E-state index contributed by atoms with van der Waals surface area (Å²) in [5.41, 5.74) is 0. The first-order valence-electron chi connectivity index (χ1n) is 5.27. The maximum absolute atomic E-state index is 11.9. The van der Waals surface area contributed by atoms with E-state index in [4.69, 9.17) is 4.74 Å². The summed E-state index contributed by atoms with van der Waals surface area (Å²) in [6.45, 7) is 2.57. The van der Waals surface area contributed by atoms with E-state index in [-0.39, 0.29) is 12.0 Å². The molecule has 0 bridgehead atoms. The minimum atomic E-state index is -0.135. The van der Waals surface area contributed by atoms with Gasteiger partial charge in [0.25, 0.3) is 5.91 Å². The van der Waals surface area contributed by atoms with Crippen molar-refractivity contribution in [1.29, 1.82) is 0 Å². The van der Waals surface area contributed by atoms with Gasteiger partial charge in [0.05, 0.1) is 0 Å². The van der Waals surface area contributed by atoms with Crippen molar-refractivity contribution >= 4 is 21.8 Å². The molecule has 0 aromatic heterocycles. The predicted octanol–water partition coefficient (Wildman–Crippen LogP) is 1.41. The Labute approximate surface area is 92.9 Å². The Morgan fingerprint density at radius 1 is 1.50 bits per heavy atom. The van der Waals surface area contributed by atoms with E-state index in [0.29, 0.717) is 5.92 Å². The number of hydrogen-bond acceptors (Lipinski definition) is 2. The molecule has 0 aromatic rings. The maximum atomic E-state index is 11.9. The summed E-state index contributed by atoms with van der Waals surface area (Å²) < 4.78 is 5.39. The van der Waals surface area contributed by atoms with Gasteiger partial charge in [0, 0.05) is 25.0 Å². The van der Waals surface area contributed by atoms with E-state index in [9.17, 15) is 4.79 Å². The van der Waals surface area contributed by atoms with Gasteiger partial charge in [-0.2, -0.15) is 0 Å². The summed E-state index contributed by atoms with van der Waals surface area (Å²) in [7, 11) is 0. The zero-order valence-corrected chi connectivity index (χ0v) is 9.83. The van der Waals surface area contributed by atoms with Gasteiger partial charge in [0.1, 0.15) is 6.10 Å². The van der Waals surface area contributed by atoms with Crippen molar-refractivity contribution < 1.29 is 9.53 Å². The lowest BCUT2D eigenvalue weighted by Crippen LogP contribution is -2.37. The quantitative estimate of drug-likeness (QED) is 0.704. The van der Waals surface area contributed by atoms with Gasteiger partial charge in [-0.15, -0.1) is 0 Å². The van der Waals surface area contributed by atoms with Crippen molar-refractivity contribution in [3.8, 4) is 0 Å². The third kappa shape index (κ3) is 2.11. The van der Waals surface area contributed by atoms with Crippen LogP contribution in [0.3, 0.4) is 0 Å². The minimum Gasteiger partial charge on any atom is -0.368 e. The molecule has 0 N–H and O–H groups in total. The van der Waals surface area contributed by atoms with Crippen LogP contribution in [0.4, 0.5) is 0 Å². The molecule has 2 fully saturated rings. The molecule has 2 aliphatic rings. The van der Waals surface area contributed by atoms with Crippen molar-refractivity contribution in [2.45, 2.75) is 25.4 Å². The fraction of sp³-hybridized carbons (Fsp3) is 0.900. The van der Waals surface area contributed by atoms with Crippen LogP contribution in [0.5, 0.6) is 0 Å². The SMILES string of the molecule is O=C(C1CCCO1)N1CCC(CBr)C1. The first kappa shape index (κ1) is 10.4. The van der Waals surface area contributed by atoms with Gasteiger partial charge in [-0.3, -0.25) is 4.79 Å². The molecule has 2 unspecified atom stereocenters. The molecule has 2 aliphatic heterocycles. The zero-order chi connectivity index (χ0) is 9.97. The van der Waals surface area contributed by atoms with Crippen LogP contribution in [0.25, 0.3) is 0 Å². The summed E-state index contributed by atoms with van der Waals surface area (Å²) in [6.07, 6.45) is 2.94. The predicted molar refractivity (Wildman–Crippen MR) is 57.5 cm³/mol. The van der Waals surface area contributed by atoms with E-state index < -0.39 is 0 Å². The van der Waals surface area contributed by atoms with Crippen LogP contribution in [0.2, 0.25) is 0 Å². The number of nitrogens with zero attached hydrogens (tertiary/aromatic N) is 1. The Morgan fingerprint density at radius 3 is 2.93 bits per heavy atom. The van der Waals surface area contributed by atoms with Crippen LogP contribution >= 0.6 is 15.9 Å². The molecule has 2 saturated heterocycles. The average molecular weight is 262 g/mol. The number of alkyl halides is 1. The Morgan fingerprint density at radius 2 is 2.36 bits per heavy atom. The lowest BCUT2D eigenvalue weighted by molar-refractivity contribution is -0.139. The number of halogens is 1. The van der Waals surface area contributed by atoms with Crippen molar-refractivity contribution in [1.82, 2.24) is 4.90 Å². The van der Waals surface area contributed by atoms with E-state index in [1.54, 1.807) is 0 Å². The van der Waals surface area contributed by atoms with E-state index in [1.807, 2.05) is 4.90 Å². The number of amides is 1. The van der Waals surface area contributed by atoms with Gasteiger partial charge in [-0.05, 0) is 25.2 Å². The molecule has 0 radical (unpaired) electrons. The molecule has 1 amide bonds. The highest BCUT2D eigenvalue weighted by Gasteiger charge is 2.32. The standard InChI is InChI=1S/C10H16BrNO2/c11-6-8-3-4-12(7-8)10(13)9-2-1-5-14-9/h8-9H,1-7H2. The molecule has 2 rings (SSSR count). The van der Waals surface area contributed by atoms with E-state index in [1.165, 1.54) is 0 Å². The molecule has 14 heavy (non-hydrogen) atoms. The molecular formula is C10H16BrNO2. The molecule has 4 heteroatoms. The van der Waals surface area contributed by atoms with Crippen LogP contribution in [0.1, 0.15) is 19.3 Å². The zero-order valence-electron chi connectivity index (χ0n) is 8.25. The molecule has 0 aromatic carbocycles. The third-order valence-electron chi connectivity index (χ3n) is 3.02. The number of carbonyl (C=O) groups is 1. The van der Waals surface area contributed by atoms with E-state index in [0.717, 1.165) is 44.3 Å². The van der Waals surface area contributed by atoms with Crippen molar-refractivity contribution in [3.63, 3.8) is 0 Å². The van der Waals surface area contributed by atoms with Crippen LogP contribution in [-0.2, 0) is 9.53 Å². The lowest BCUT2D eigenvalue weighted by atomic mass is 10.2. The summed E-state index contributed by atoms with van der Waals surface area (Å²) in [6, 6.07) is 0. The monoisotopic (exact) mass is 261 g/mol. The first-order chi connectivity index (χ1) is 6.81. The molecule has 0 spiro atoms. The summed E-state index contributed by atoms with van der Waals surface area (Å²) in [4.78, 5) is 13.9. The van der Waals surface area contributed by atoms with Gasteiger partial charge in [-0.1, -0.05) is 15.9 Å². The fourth-order valence-electron chi connectivity index (χ4n) is 2.13. The number of carbonyl (C=O) groups excluding carboxylic acids is 1. The topological polar surface area (TPSA) is 29.5 Å². The van der Waals surface area contributed by atoms with Gasteiger partial charge >= 0.3 is 0 Å². The van der Waals surface area contributed by atoms with Crippen molar-refractivity contribution in [3.05, 3.63) is 0 Å². The van der Waals surface area contributed by atoms with Crippen LogP contribution in [0, 0.1) is 5.92 Å². The van der Waals surface area contributed by atoms with Gasteiger partial charge in [-0.25, -0.2) is 0 Å². The van der Waals surface area contributed by atoms with Gasteiger partial charge in [0.2, 0.25) is 0 Å². The molecule has 2 heterocycles. The second-order valence-electron chi connectivity index (χ2n) is 4.09. The molecule has 0 saturated carbocycles. The molecule has 2 atom stereocenters. The number of hydrogen-bond donors (Lipinski definition) is 0. The van der Waals surface area contributed by atoms with Crippen LogP contribution < -0.4 is 0 Å². The molecule has 80 valence electrons. The summed E-state index contributed by atoms with van der Waals surface area (Å²) in [5, 5.41) is 1.00. The third-order valence-corrected chi connectivity index (χ3v) is 3.94. The van der Waals surface area contributed by atoms with E-state index >= 15 is 0 Å². The number of likely N-dealkylation sites (tertiary alicyclic amines) is 1. The normalized spacial score (nSPS) is 32.5. The van der Waals surface area contributed by atoms with Gasteiger partial charge < -0.3 is 9.64 Å². The second kappa shape index (κ2) is 4.62. The van der Waals surface area contributed by atoms with Crippen molar-refractivity contribution in [2.75, 3.05) is 25.0 Å². The summed E-state index contributed by atoms with van der Waals surface area (Å²) >= 11 is 3.47. The number of ether oxygens (including phenoxy) is 1. The molecule has 0 aliphatic carbocycles. The highest BCUT2D eigenvalue weighted by molar-refractivity contribution is 9.09. The Hall–Kier alpha value is -0.0900. The Kier molecular flexibility index (Phi) is 3.44. The average Bonchev–Trinajstić information content (AvgIpc) is 2.88. The first-order valence-corrected chi connectivity index (χ1v) is 6.39. The minimum absolute atomic E-state index is 0.135.